The maximum absolute atomic E-state index is 4.92. The van der Waals surface area contributed by atoms with Crippen molar-refractivity contribution in [1.29, 1.82) is 0 Å². The van der Waals surface area contributed by atoms with Crippen molar-refractivity contribution in [2.45, 2.75) is 23.8 Å². The summed E-state index contributed by atoms with van der Waals surface area (Å²) in [4.78, 5) is 4.92. The van der Waals surface area contributed by atoms with E-state index in [1.807, 2.05) is 11.8 Å². The summed E-state index contributed by atoms with van der Waals surface area (Å²) in [6.45, 7) is 4.60. The van der Waals surface area contributed by atoms with Crippen LogP contribution in [0, 0.1) is 0 Å². The summed E-state index contributed by atoms with van der Waals surface area (Å²) >= 11 is 1.84. The van der Waals surface area contributed by atoms with Gasteiger partial charge in [0, 0.05) is 21.2 Å². The Morgan fingerprint density at radius 3 is 2.03 bits per heavy atom. The van der Waals surface area contributed by atoms with Gasteiger partial charge in [-0.1, -0.05) is 60.3 Å². The molecule has 154 valence electrons. The Bertz CT molecular complexity index is 1630. The predicted molar refractivity (Wildman–Crippen MR) is 134 cm³/mol. The minimum atomic E-state index is -0.0819. The van der Waals surface area contributed by atoms with Gasteiger partial charge < -0.3 is 4.57 Å². The van der Waals surface area contributed by atoms with Gasteiger partial charge in [-0.25, -0.2) is 4.98 Å². The van der Waals surface area contributed by atoms with E-state index < -0.39 is 0 Å². The van der Waals surface area contributed by atoms with Gasteiger partial charge >= 0.3 is 0 Å². The van der Waals surface area contributed by atoms with Crippen molar-refractivity contribution < 1.29 is 0 Å². The number of fused-ring (bicyclic) bond motifs is 8. The van der Waals surface area contributed by atoms with Crippen LogP contribution in [-0.2, 0) is 4.75 Å². The van der Waals surface area contributed by atoms with E-state index in [2.05, 4.69) is 114 Å². The molecule has 0 spiro atoms. The Balaban J connectivity index is 1.54. The van der Waals surface area contributed by atoms with Gasteiger partial charge in [-0.05, 0) is 61.9 Å². The zero-order valence-corrected chi connectivity index (χ0v) is 18.7. The van der Waals surface area contributed by atoms with Gasteiger partial charge in [-0.15, -0.1) is 0 Å². The van der Waals surface area contributed by atoms with Crippen molar-refractivity contribution in [3.05, 3.63) is 96.6 Å². The number of hydrogen-bond donors (Lipinski definition) is 0. The van der Waals surface area contributed by atoms with Gasteiger partial charge in [0.15, 0.2) is 5.16 Å². The molecule has 0 unspecified atom stereocenters. The molecule has 6 aromatic rings. The Hall–Kier alpha value is -3.50. The second kappa shape index (κ2) is 6.27. The van der Waals surface area contributed by atoms with Crippen molar-refractivity contribution in [1.82, 2.24) is 14.1 Å². The lowest BCUT2D eigenvalue weighted by Gasteiger charge is -2.33. The van der Waals surface area contributed by atoms with Crippen molar-refractivity contribution in [2.24, 2.45) is 0 Å². The minimum Gasteiger partial charge on any atom is -0.309 e. The first kappa shape index (κ1) is 18.1. The van der Waals surface area contributed by atoms with E-state index in [0.717, 1.165) is 16.2 Å². The Morgan fingerprint density at radius 1 is 0.688 bits per heavy atom. The SMILES string of the molecule is CC1(C)Sc2nc3ccccc3n2-c2ccc(-n3c4ccccc4c4ccccc43)cc21. The second-order valence-electron chi connectivity index (χ2n) is 8.90. The fourth-order valence-electron chi connectivity index (χ4n) is 5.13. The summed E-state index contributed by atoms with van der Waals surface area (Å²) in [5.41, 5.74) is 8.44. The Labute approximate surface area is 190 Å². The number of para-hydroxylation sites is 4. The highest BCUT2D eigenvalue weighted by Gasteiger charge is 2.34. The molecule has 7 rings (SSSR count). The highest BCUT2D eigenvalue weighted by Crippen LogP contribution is 2.49. The number of thioether (sulfide) groups is 1. The van der Waals surface area contributed by atoms with Crippen LogP contribution in [0.4, 0.5) is 0 Å². The van der Waals surface area contributed by atoms with Crippen LogP contribution in [-0.4, -0.2) is 14.1 Å². The summed E-state index contributed by atoms with van der Waals surface area (Å²) < 4.78 is 4.63. The molecule has 0 aliphatic carbocycles. The van der Waals surface area contributed by atoms with Gasteiger partial charge in [-0.2, -0.15) is 0 Å². The third-order valence-corrected chi connectivity index (χ3v) is 7.77. The van der Waals surface area contributed by atoms with E-state index in [1.54, 1.807) is 0 Å². The Kier molecular flexibility index (Phi) is 3.55. The van der Waals surface area contributed by atoms with E-state index in [0.29, 0.717) is 0 Å². The van der Waals surface area contributed by atoms with Crippen molar-refractivity contribution in [3.8, 4) is 11.4 Å². The number of benzene rings is 4. The van der Waals surface area contributed by atoms with E-state index in [-0.39, 0.29) is 4.75 Å². The van der Waals surface area contributed by atoms with Crippen LogP contribution >= 0.6 is 11.8 Å². The van der Waals surface area contributed by atoms with Gasteiger partial charge in [0.05, 0.1) is 27.8 Å². The van der Waals surface area contributed by atoms with Gasteiger partial charge in [0.1, 0.15) is 0 Å². The Morgan fingerprint density at radius 2 is 1.31 bits per heavy atom. The van der Waals surface area contributed by atoms with Crippen molar-refractivity contribution in [3.63, 3.8) is 0 Å². The molecule has 4 aromatic carbocycles. The van der Waals surface area contributed by atoms with Crippen LogP contribution in [0.2, 0.25) is 0 Å². The summed E-state index contributed by atoms with van der Waals surface area (Å²) in [7, 11) is 0. The molecule has 0 saturated heterocycles. The van der Waals surface area contributed by atoms with Crippen LogP contribution in [0.3, 0.4) is 0 Å². The summed E-state index contributed by atoms with van der Waals surface area (Å²) in [5, 5.41) is 3.64. The summed E-state index contributed by atoms with van der Waals surface area (Å²) in [6, 6.07) is 32.7. The molecule has 0 atom stereocenters. The molecule has 0 bridgehead atoms. The molecular weight excluding hydrogens is 410 g/mol. The average Bonchev–Trinajstić information content (AvgIpc) is 3.34. The summed E-state index contributed by atoms with van der Waals surface area (Å²) in [5.74, 6) is 0. The lowest BCUT2D eigenvalue weighted by molar-refractivity contribution is 0.727. The van der Waals surface area contributed by atoms with E-state index in [9.17, 15) is 0 Å². The second-order valence-corrected chi connectivity index (χ2v) is 10.5. The number of hydrogen-bond acceptors (Lipinski definition) is 2. The molecule has 1 aliphatic heterocycles. The average molecular weight is 432 g/mol. The third kappa shape index (κ3) is 2.36. The molecule has 3 nitrogen and oxygen atoms in total. The van der Waals surface area contributed by atoms with E-state index in [4.69, 9.17) is 4.98 Å². The fraction of sp³-hybridized carbons (Fsp3) is 0.107. The van der Waals surface area contributed by atoms with Gasteiger partial charge in [0.25, 0.3) is 0 Å². The predicted octanol–water partition coefficient (Wildman–Crippen LogP) is 7.46. The molecule has 3 heterocycles. The molecule has 0 N–H and O–H groups in total. The molecule has 0 fully saturated rings. The van der Waals surface area contributed by atoms with E-state index in [1.165, 1.54) is 38.7 Å². The molecule has 0 amide bonds. The maximum atomic E-state index is 4.92. The first-order valence-corrected chi connectivity index (χ1v) is 11.7. The van der Waals surface area contributed by atoms with Crippen LogP contribution in [0.15, 0.2) is 96.2 Å². The molecule has 0 saturated carbocycles. The third-order valence-electron chi connectivity index (χ3n) is 6.58. The van der Waals surface area contributed by atoms with Gasteiger partial charge in [0.2, 0.25) is 0 Å². The minimum absolute atomic E-state index is 0.0819. The topological polar surface area (TPSA) is 22.8 Å². The molecule has 32 heavy (non-hydrogen) atoms. The fourth-order valence-corrected chi connectivity index (χ4v) is 6.29. The largest absolute Gasteiger partial charge is 0.309 e. The normalized spacial score (nSPS) is 14.7. The first-order valence-electron chi connectivity index (χ1n) is 10.9. The van der Waals surface area contributed by atoms with Crippen LogP contribution in [0.25, 0.3) is 44.2 Å². The number of nitrogens with zero attached hydrogens (tertiary/aromatic N) is 3. The highest BCUT2D eigenvalue weighted by molar-refractivity contribution is 8.00. The number of imidazole rings is 1. The quantitative estimate of drug-likeness (QED) is 0.270. The van der Waals surface area contributed by atoms with Crippen LogP contribution in [0.5, 0.6) is 0 Å². The van der Waals surface area contributed by atoms with Crippen LogP contribution < -0.4 is 0 Å². The monoisotopic (exact) mass is 431 g/mol. The number of aromatic nitrogens is 3. The zero-order valence-electron chi connectivity index (χ0n) is 17.9. The number of rotatable bonds is 1. The van der Waals surface area contributed by atoms with Crippen molar-refractivity contribution >= 4 is 44.6 Å². The molecule has 1 aliphatic rings. The standard InChI is InChI=1S/C28H21N3S/c1-28(2)21-17-18(30-23-12-6-3-9-19(23)20-10-4-7-13-24(20)30)15-16-25(21)31-26-14-8-5-11-22(26)29-27(31)32-28/h3-17H,1-2H3. The van der Waals surface area contributed by atoms with Gasteiger partial charge in [-0.3, -0.25) is 4.57 Å². The first-order chi connectivity index (χ1) is 15.6. The van der Waals surface area contributed by atoms with Crippen LogP contribution in [0.1, 0.15) is 19.4 Å². The summed E-state index contributed by atoms with van der Waals surface area (Å²) in [6.07, 6.45) is 0. The maximum Gasteiger partial charge on any atom is 0.174 e. The lowest BCUT2D eigenvalue weighted by atomic mass is 9.98. The molecule has 2 aromatic heterocycles. The molecule has 4 heteroatoms. The zero-order chi connectivity index (χ0) is 21.4. The lowest BCUT2D eigenvalue weighted by Crippen LogP contribution is -2.22. The van der Waals surface area contributed by atoms with E-state index >= 15 is 0 Å². The smallest absolute Gasteiger partial charge is 0.174 e. The van der Waals surface area contributed by atoms with Crippen molar-refractivity contribution in [2.75, 3.05) is 0 Å². The highest BCUT2D eigenvalue weighted by atomic mass is 32.2. The molecular formula is C28H21N3S. The molecule has 0 radical (unpaired) electrons.